The molecule has 0 aliphatic rings. The van der Waals surface area contributed by atoms with Crippen molar-refractivity contribution in [1.82, 2.24) is 0 Å². The fourth-order valence-corrected chi connectivity index (χ4v) is 2.21. The Morgan fingerprint density at radius 2 is 1.70 bits per heavy atom. The zero-order chi connectivity index (χ0) is 15.5. The molecular formula is C13H16F3NO3. The van der Waals surface area contributed by atoms with Crippen molar-refractivity contribution in [1.29, 1.82) is 0 Å². The normalized spacial score (nSPS) is 14.9. The third-order valence-electron chi connectivity index (χ3n) is 3.12. The summed E-state index contributed by atoms with van der Waals surface area (Å²) in [6, 6.07) is 3.25. The molecule has 2 atom stereocenters. The van der Waals surface area contributed by atoms with E-state index in [1.54, 1.807) is 0 Å². The molecule has 0 aromatic heterocycles. The number of benzene rings is 1. The van der Waals surface area contributed by atoms with Crippen molar-refractivity contribution in [3.63, 3.8) is 0 Å². The molecule has 1 rings (SSSR count). The summed E-state index contributed by atoms with van der Waals surface area (Å²) >= 11 is 0. The number of nitrogens with zero attached hydrogens (tertiary/aromatic N) is 1. The maximum atomic E-state index is 12.9. The molecule has 7 heteroatoms. The summed E-state index contributed by atoms with van der Waals surface area (Å²) in [5.41, 5.74) is 0.278. The van der Waals surface area contributed by atoms with E-state index in [1.165, 1.54) is 45.2 Å². The highest BCUT2D eigenvalue weighted by atomic mass is 19.4. The largest absolute Gasteiger partial charge is 0.497 e. The fourth-order valence-electron chi connectivity index (χ4n) is 2.21. The van der Waals surface area contributed by atoms with Gasteiger partial charge in [0.15, 0.2) is 0 Å². The molecule has 0 radical (unpaired) electrons. The Hall–Kier alpha value is -1.79. The summed E-state index contributed by atoms with van der Waals surface area (Å²) in [7, 11) is 1.43. The average Bonchev–Trinajstić information content (AvgIpc) is 2.33. The van der Waals surface area contributed by atoms with Crippen LogP contribution in [0, 0.1) is 16.0 Å². The van der Waals surface area contributed by atoms with Gasteiger partial charge >= 0.3 is 12.2 Å². The number of ether oxygens (including phenoxy) is 1. The van der Waals surface area contributed by atoms with E-state index in [1.807, 2.05) is 0 Å². The van der Waals surface area contributed by atoms with E-state index in [-0.39, 0.29) is 5.56 Å². The number of hydrogen-bond acceptors (Lipinski definition) is 3. The highest BCUT2D eigenvalue weighted by Gasteiger charge is 2.55. The van der Waals surface area contributed by atoms with E-state index in [4.69, 9.17) is 4.74 Å². The van der Waals surface area contributed by atoms with Gasteiger partial charge in [0.05, 0.1) is 13.0 Å². The van der Waals surface area contributed by atoms with Crippen molar-refractivity contribution in [3.8, 4) is 5.75 Å². The number of hydrogen-bond donors (Lipinski definition) is 0. The molecule has 1 aromatic rings. The van der Waals surface area contributed by atoms with Crippen LogP contribution in [0.4, 0.5) is 13.2 Å². The topological polar surface area (TPSA) is 52.4 Å². The Kier molecular flexibility index (Phi) is 4.97. The van der Waals surface area contributed by atoms with Crippen molar-refractivity contribution in [2.75, 3.05) is 7.11 Å². The molecule has 1 aromatic carbocycles. The highest BCUT2D eigenvalue weighted by Crippen LogP contribution is 2.38. The molecule has 0 amide bonds. The van der Waals surface area contributed by atoms with Gasteiger partial charge in [-0.3, -0.25) is 10.1 Å². The molecule has 20 heavy (non-hydrogen) atoms. The Labute approximate surface area is 114 Å². The molecule has 0 N–H and O–H groups in total. The van der Waals surface area contributed by atoms with Gasteiger partial charge in [0.1, 0.15) is 5.75 Å². The second-order valence-electron chi connectivity index (χ2n) is 4.81. The van der Waals surface area contributed by atoms with Crippen LogP contribution in [-0.2, 0) is 0 Å². The van der Waals surface area contributed by atoms with E-state index >= 15 is 0 Å². The van der Waals surface area contributed by atoms with E-state index < -0.39 is 29.0 Å². The van der Waals surface area contributed by atoms with E-state index in [9.17, 15) is 23.3 Å². The Balaban J connectivity index is 3.24. The van der Waals surface area contributed by atoms with E-state index in [2.05, 4.69) is 0 Å². The van der Waals surface area contributed by atoms with Crippen molar-refractivity contribution in [2.24, 2.45) is 5.92 Å². The summed E-state index contributed by atoms with van der Waals surface area (Å²) in [4.78, 5) is 9.59. The van der Waals surface area contributed by atoms with Gasteiger partial charge in [-0.1, -0.05) is 26.0 Å². The average molecular weight is 291 g/mol. The van der Waals surface area contributed by atoms with Gasteiger partial charge in [-0.2, -0.15) is 13.2 Å². The molecule has 0 aliphatic carbocycles. The number of alkyl halides is 3. The van der Waals surface area contributed by atoms with E-state index in [0.29, 0.717) is 5.75 Å². The predicted octanol–water partition coefficient (Wildman–Crippen LogP) is 3.64. The van der Waals surface area contributed by atoms with Crippen LogP contribution in [0.2, 0.25) is 0 Å². The summed E-state index contributed by atoms with van der Waals surface area (Å²) < 4.78 is 43.8. The first kappa shape index (κ1) is 16.3. The van der Waals surface area contributed by atoms with Crippen LogP contribution in [0.5, 0.6) is 5.75 Å². The zero-order valence-corrected chi connectivity index (χ0v) is 11.3. The Bertz CT molecular complexity index is 457. The maximum absolute atomic E-state index is 12.9. The zero-order valence-electron chi connectivity index (χ0n) is 11.3. The van der Waals surface area contributed by atoms with Crippen molar-refractivity contribution >= 4 is 0 Å². The highest BCUT2D eigenvalue weighted by molar-refractivity contribution is 5.30. The minimum Gasteiger partial charge on any atom is -0.497 e. The molecule has 0 saturated carbocycles. The van der Waals surface area contributed by atoms with Gasteiger partial charge in [-0.05, 0) is 23.6 Å². The number of methoxy groups -OCH3 is 1. The van der Waals surface area contributed by atoms with Gasteiger partial charge < -0.3 is 4.74 Å². The maximum Gasteiger partial charge on any atom is 0.458 e. The molecule has 0 saturated heterocycles. The molecule has 0 heterocycles. The quantitative estimate of drug-likeness (QED) is 0.614. The Morgan fingerprint density at radius 3 is 2.00 bits per heavy atom. The lowest BCUT2D eigenvalue weighted by Gasteiger charge is -2.26. The van der Waals surface area contributed by atoms with Crippen LogP contribution in [0.25, 0.3) is 0 Å². The van der Waals surface area contributed by atoms with Gasteiger partial charge in [-0.15, -0.1) is 0 Å². The molecule has 112 valence electrons. The third-order valence-corrected chi connectivity index (χ3v) is 3.12. The lowest BCUT2D eigenvalue weighted by Crippen LogP contribution is -2.43. The van der Waals surface area contributed by atoms with Crippen molar-refractivity contribution in [3.05, 3.63) is 39.9 Å². The van der Waals surface area contributed by atoms with Gasteiger partial charge in [-0.25, -0.2) is 0 Å². The molecule has 0 fully saturated rings. The molecule has 0 aliphatic heterocycles. The molecule has 2 unspecified atom stereocenters. The standard InChI is InChI=1S/C13H16F3NO3/c1-8(2)11(12(17(18)19)13(14,15)16)9-4-6-10(20-3)7-5-9/h4-8,11-12H,1-3H3. The summed E-state index contributed by atoms with van der Waals surface area (Å²) in [6.07, 6.45) is -4.89. The van der Waals surface area contributed by atoms with E-state index in [0.717, 1.165) is 0 Å². The lowest BCUT2D eigenvalue weighted by molar-refractivity contribution is -0.568. The minimum absolute atomic E-state index is 0.278. The minimum atomic E-state index is -4.89. The molecule has 4 nitrogen and oxygen atoms in total. The SMILES string of the molecule is COc1ccc(C(C(C)C)C([N+](=O)[O-])C(F)(F)F)cc1. The van der Waals surface area contributed by atoms with Gasteiger partial charge in [0, 0.05) is 4.92 Å². The smallest absolute Gasteiger partial charge is 0.458 e. The second-order valence-corrected chi connectivity index (χ2v) is 4.81. The van der Waals surface area contributed by atoms with Crippen LogP contribution >= 0.6 is 0 Å². The molecular weight excluding hydrogens is 275 g/mol. The third kappa shape index (κ3) is 3.61. The predicted molar refractivity (Wildman–Crippen MR) is 67.4 cm³/mol. The lowest BCUT2D eigenvalue weighted by atomic mass is 9.82. The summed E-state index contributed by atoms with van der Waals surface area (Å²) in [5, 5.41) is 10.8. The number of rotatable bonds is 5. The first-order valence-corrected chi connectivity index (χ1v) is 6.02. The first-order chi connectivity index (χ1) is 9.18. The number of nitro groups is 1. The first-order valence-electron chi connectivity index (χ1n) is 6.02. The van der Waals surface area contributed by atoms with Crippen molar-refractivity contribution < 1.29 is 22.8 Å². The fraction of sp³-hybridized carbons (Fsp3) is 0.538. The molecule has 0 spiro atoms. The monoisotopic (exact) mass is 291 g/mol. The van der Waals surface area contributed by atoms with Crippen LogP contribution in [0.3, 0.4) is 0 Å². The van der Waals surface area contributed by atoms with Crippen LogP contribution in [-0.4, -0.2) is 24.3 Å². The molecule has 0 bridgehead atoms. The number of halogens is 3. The van der Waals surface area contributed by atoms with Crippen LogP contribution < -0.4 is 4.74 Å². The van der Waals surface area contributed by atoms with Gasteiger partial charge in [0.25, 0.3) is 0 Å². The van der Waals surface area contributed by atoms with Crippen molar-refractivity contribution in [2.45, 2.75) is 32.0 Å². The summed E-state index contributed by atoms with van der Waals surface area (Å²) in [6.45, 7) is 3.08. The van der Waals surface area contributed by atoms with Gasteiger partial charge in [0.2, 0.25) is 0 Å². The summed E-state index contributed by atoms with van der Waals surface area (Å²) in [5.74, 6) is -1.28. The van der Waals surface area contributed by atoms with Crippen LogP contribution in [0.1, 0.15) is 25.3 Å². The second kappa shape index (κ2) is 6.11. The Morgan fingerprint density at radius 1 is 1.20 bits per heavy atom. The van der Waals surface area contributed by atoms with Crippen LogP contribution in [0.15, 0.2) is 24.3 Å².